The van der Waals surface area contributed by atoms with Crippen molar-refractivity contribution >= 4 is 26.0 Å². The van der Waals surface area contributed by atoms with E-state index in [0.717, 1.165) is 12.1 Å². The molecule has 0 bridgehead atoms. The molecule has 1 unspecified atom stereocenters. The molecule has 0 amide bonds. The highest BCUT2D eigenvalue weighted by Gasteiger charge is 2.20. The molecule has 1 aromatic rings. The van der Waals surface area contributed by atoms with Crippen LogP contribution in [0.15, 0.2) is 23.1 Å². The van der Waals surface area contributed by atoms with Gasteiger partial charge < -0.3 is 4.74 Å². The van der Waals surface area contributed by atoms with Crippen LogP contribution in [-0.4, -0.2) is 33.5 Å². The van der Waals surface area contributed by atoms with Gasteiger partial charge in [0.2, 0.25) is 10.0 Å². The summed E-state index contributed by atoms with van der Waals surface area (Å²) in [4.78, 5) is -0.330. The predicted molar refractivity (Wildman–Crippen MR) is 66.1 cm³/mol. The molecular formula is C10H12BrF2NO3S. The summed E-state index contributed by atoms with van der Waals surface area (Å²) in [6.07, 6.45) is 0. The molecule has 8 heteroatoms. The Hall–Kier alpha value is -0.570. The van der Waals surface area contributed by atoms with Crippen molar-refractivity contribution in [2.45, 2.75) is 10.9 Å². The number of ether oxygens (including phenoxy) is 1. The van der Waals surface area contributed by atoms with Crippen LogP contribution in [0.2, 0.25) is 0 Å². The van der Waals surface area contributed by atoms with Crippen molar-refractivity contribution < 1.29 is 21.9 Å². The van der Waals surface area contributed by atoms with Crippen LogP contribution in [0.4, 0.5) is 8.78 Å². The van der Waals surface area contributed by atoms with Crippen molar-refractivity contribution in [2.75, 3.05) is 19.0 Å². The second kappa shape index (κ2) is 6.55. The van der Waals surface area contributed by atoms with E-state index in [9.17, 15) is 17.2 Å². The van der Waals surface area contributed by atoms with E-state index in [1.54, 1.807) is 0 Å². The largest absolute Gasteiger partial charge is 0.383 e. The van der Waals surface area contributed by atoms with Gasteiger partial charge in [-0.05, 0) is 18.2 Å². The van der Waals surface area contributed by atoms with Crippen LogP contribution in [0.3, 0.4) is 0 Å². The van der Waals surface area contributed by atoms with Gasteiger partial charge in [0, 0.05) is 12.4 Å². The summed E-state index contributed by atoms with van der Waals surface area (Å²) in [5, 5.41) is 0.337. The summed E-state index contributed by atoms with van der Waals surface area (Å²) in [7, 11) is -2.47. The SMILES string of the molecule is COCC(CBr)NS(=O)(=O)c1ccc(F)c(F)c1. The number of benzene rings is 1. The van der Waals surface area contributed by atoms with Gasteiger partial charge in [0.1, 0.15) is 0 Å². The van der Waals surface area contributed by atoms with Crippen molar-refractivity contribution in [3.63, 3.8) is 0 Å². The van der Waals surface area contributed by atoms with E-state index in [-0.39, 0.29) is 11.5 Å². The number of hydrogen-bond acceptors (Lipinski definition) is 3. The number of alkyl halides is 1. The zero-order chi connectivity index (χ0) is 13.8. The first-order chi connectivity index (χ1) is 8.40. The number of sulfonamides is 1. The van der Waals surface area contributed by atoms with Crippen molar-refractivity contribution in [2.24, 2.45) is 0 Å². The van der Waals surface area contributed by atoms with Gasteiger partial charge in [0.15, 0.2) is 11.6 Å². The van der Waals surface area contributed by atoms with Crippen LogP contribution >= 0.6 is 15.9 Å². The molecule has 18 heavy (non-hydrogen) atoms. The van der Waals surface area contributed by atoms with Gasteiger partial charge in [-0.1, -0.05) is 15.9 Å². The number of hydrogen-bond donors (Lipinski definition) is 1. The summed E-state index contributed by atoms with van der Waals surface area (Å²) in [6.45, 7) is 0.161. The molecule has 0 aliphatic carbocycles. The van der Waals surface area contributed by atoms with Gasteiger partial charge in [0.05, 0.1) is 17.5 Å². The standard InChI is InChI=1S/C10H12BrF2NO3S/c1-17-6-7(5-11)14-18(15,16)8-2-3-9(12)10(13)4-8/h2-4,7,14H,5-6H2,1H3. The van der Waals surface area contributed by atoms with Crippen LogP contribution in [0.5, 0.6) is 0 Å². The Kier molecular flexibility index (Phi) is 5.64. The Morgan fingerprint density at radius 3 is 2.56 bits per heavy atom. The van der Waals surface area contributed by atoms with Crippen LogP contribution in [0, 0.1) is 11.6 Å². The lowest BCUT2D eigenvalue weighted by molar-refractivity contribution is 0.182. The third kappa shape index (κ3) is 3.98. The Balaban J connectivity index is 2.95. The summed E-state index contributed by atoms with van der Waals surface area (Å²) in [5.74, 6) is -2.30. The van der Waals surface area contributed by atoms with Crippen molar-refractivity contribution in [1.82, 2.24) is 4.72 Å². The molecule has 0 fully saturated rings. The smallest absolute Gasteiger partial charge is 0.241 e. The van der Waals surface area contributed by atoms with E-state index in [1.165, 1.54) is 7.11 Å². The molecule has 0 aliphatic heterocycles. The molecule has 1 aromatic carbocycles. The lowest BCUT2D eigenvalue weighted by Crippen LogP contribution is -2.39. The van der Waals surface area contributed by atoms with Crippen molar-refractivity contribution in [3.8, 4) is 0 Å². The minimum atomic E-state index is -3.90. The zero-order valence-corrected chi connectivity index (χ0v) is 11.9. The molecule has 1 rings (SSSR count). The van der Waals surface area contributed by atoms with E-state index in [1.807, 2.05) is 0 Å². The van der Waals surface area contributed by atoms with Crippen LogP contribution in [-0.2, 0) is 14.8 Å². The van der Waals surface area contributed by atoms with Crippen molar-refractivity contribution in [3.05, 3.63) is 29.8 Å². The molecular weight excluding hydrogens is 332 g/mol. The zero-order valence-electron chi connectivity index (χ0n) is 9.49. The van der Waals surface area contributed by atoms with E-state index in [0.29, 0.717) is 11.4 Å². The highest BCUT2D eigenvalue weighted by molar-refractivity contribution is 9.09. The molecule has 0 aromatic heterocycles. The van der Waals surface area contributed by atoms with E-state index < -0.39 is 27.7 Å². The lowest BCUT2D eigenvalue weighted by atomic mass is 10.3. The van der Waals surface area contributed by atoms with Crippen LogP contribution < -0.4 is 4.72 Å². The minimum absolute atomic E-state index is 0.161. The highest BCUT2D eigenvalue weighted by atomic mass is 79.9. The average molecular weight is 344 g/mol. The maximum Gasteiger partial charge on any atom is 0.241 e. The summed E-state index contributed by atoms with van der Waals surface area (Å²) in [6, 6.07) is 1.91. The third-order valence-electron chi connectivity index (χ3n) is 2.08. The second-order valence-electron chi connectivity index (χ2n) is 3.50. The van der Waals surface area contributed by atoms with Gasteiger partial charge in [0.25, 0.3) is 0 Å². The fraction of sp³-hybridized carbons (Fsp3) is 0.400. The van der Waals surface area contributed by atoms with Crippen LogP contribution in [0.25, 0.3) is 0 Å². The normalized spacial score (nSPS) is 13.6. The fourth-order valence-electron chi connectivity index (χ4n) is 1.24. The topological polar surface area (TPSA) is 55.4 Å². The van der Waals surface area contributed by atoms with Gasteiger partial charge in [-0.25, -0.2) is 21.9 Å². The van der Waals surface area contributed by atoms with Crippen LogP contribution in [0.1, 0.15) is 0 Å². The van der Waals surface area contributed by atoms with Gasteiger partial charge in [-0.2, -0.15) is 0 Å². The maximum atomic E-state index is 13.0. The maximum absolute atomic E-state index is 13.0. The summed E-state index contributed by atoms with van der Waals surface area (Å²) >= 11 is 3.13. The Morgan fingerprint density at radius 1 is 1.39 bits per heavy atom. The van der Waals surface area contributed by atoms with Gasteiger partial charge >= 0.3 is 0 Å². The number of rotatable bonds is 6. The lowest BCUT2D eigenvalue weighted by Gasteiger charge is -2.15. The second-order valence-corrected chi connectivity index (χ2v) is 5.87. The molecule has 0 aliphatic rings. The van der Waals surface area contributed by atoms with E-state index >= 15 is 0 Å². The molecule has 0 saturated heterocycles. The first-order valence-electron chi connectivity index (χ1n) is 4.93. The molecule has 1 N–H and O–H groups in total. The number of nitrogens with one attached hydrogen (secondary N) is 1. The first kappa shape index (κ1) is 15.5. The quantitative estimate of drug-likeness (QED) is 0.799. The summed E-state index contributed by atoms with van der Waals surface area (Å²) in [5.41, 5.74) is 0. The average Bonchev–Trinajstić information content (AvgIpc) is 2.31. The van der Waals surface area contributed by atoms with E-state index in [2.05, 4.69) is 20.7 Å². The monoisotopic (exact) mass is 343 g/mol. The predicted octanol–water partition coefficient (Wildman–Crippen LogP) is 1.65. The van der Waals surface area contributed by atoms with Crippen molar-refractivity contribution in [1.29, 1.82) is 0 Å². The Bertz CT molecular complexity index is 510. The number of halogens is 3. The molecule has 1 atom stereocenters. The first-order valence-corrected chi connectivity index (χ1v) is 7.53. The molecule has 0 heterocycles. The van der Waals surface area contributed by atoms with Gasteiger partial charge in [-0.15, -0.1) is 0 Å². The molecule has 102 valence electrons. The Morgan fingerprint density at radius 2 is 2.06 bits per heavy atom. The molecule has 0 spiro atoms. The molecule has 0 radical (unpaired) electrons. The molecule has 4 nitrogen and oxygen atoms in total. The highest BCUT2D eigenvalue weighted by Crippen LogP contribution is 2.14. The summed E-state index contributed by atoms with van der Waals surface area (Å²) < 4.78 is 56.6. The minimum Gasteiger partial charge on any atom is -0.383 e. The van der Waals surface area contributed by atoms with Gasteiger partial charge in [-0.3, -0.25) is 0 Å². The number of methoxy groups -OCH3 is 1. The van der Waals surface area contributed by atoms with E-state index in [4.69, 9.17) is 4.74 Å². The molecule has 0 saturated carbocycles. The third-order valence-corrected chi connectivity index (χ3v) is 4.38. The fourth-order valence-corrected chi connectivity index (χ4v) is 3.04. The Labute approximate surface area is 113 Å².